The van der Waals surface area contributed by atoms with Crippen LogP contribution in [0, 0.1) is 5.41 Å². The number of rotatable bonds is 5. The van der Waals surface area contributed by atoms with Crippen molar-refractivity contribution in [3.63, 3.8) is 0 Å². The molecule has 0 amide bonds. The Balaban J connectivity index is 2.13. The van der Waals surface area contributed by atoms with E-state index in [9.17, 15) is 0 Å². The Morgan fingerprint density at radius 2 is 0.929 bits per heavy atom. The van der Waals surface area contributed by atoms with Crippen molar-refractivity contribution in [2.75, 3.05) is 0 Å². The average Bonchev–Trinajstić information content (AvgIpc) is 2.77. The van der Waals surface area contributed by atoms with Crippen LogP contribution < -0.4 is 26.5 Å². The molecule has 3 heteroatoms. The van der Waals surface area contributed by atoms with Gasteiger partial charge in [0.1, 0.15) is 5.84 Å². The molecule has 0 aromatic heterocycles. The van der Waals surface area contributed by atoms with Crippen LogP contribution in [0.4, 0.5) is 0 Å². The van der Waals surface area contributed by atoms with E-state index in [0.717, 1.165) is 5.56 Å². The highest BCUT2D eigenvalue weighted by molar-refractivity contribution is 7.19. The molecule has 28 heavy (non-hydrogen) atoms. The van der Waals surface area contributed by atoms with Crippen LogP contribution in [0.15, 0.2) is 115 Å². The van der Waals surface area contributed by atoms with E-state index >= 15 is 0 Å². The maximum atomic E-state index is 7.94. The lowest BCUT2D eigenvalue weighted by molar-refractivity contribution is 1.43. The molecule has 137 valence electrons. The van der Waals surface area contributed by atoms with E-state index in [-0.39, 0.29) is 5.84 Å². The van der Waals surface area contributed by atoms with E-state index in [2.05, 4.69) is 103 Å². The fourth-order valence-corrected chi connectivity index (χ4v) is 8.78. The smallest absolute Gasteiger partial charge is 0.122 e. The van der Waals surface area contributed by atoms with Gasteiger partial charge in [0.15, 0.2) is 0 Å². The molecule has 0 saturated heterocycles. The summed E-state index contributed by atoms with van der Waals surface area (Å²) in [5, 5.41) is 13.1. The van der Waals surface area contributed by atoms with Crippen molar-refractivity contribution in [1.29, 1.82) is 5.41 Å². The summed E-state index contributed by atoms with van der Waals surface area (Å²) in [6.45, 7) is 0. The van der Waals surface area contributed by atoms with E-state index in [1.165, 1.54) is 20.7 Å². The molecule has 0 heterocycles. The van der Waals surface area contributed by atoms with Gasteiger partial charge in [-0.15, -0.1) is 0 Å². The molecule has 0 atom stereocenters. The lowest BCUT2D eigenvalue weighted by Crippen LogP contribution is -2.74. The van der Waals surface area contributed by atoms with Crippen LogP contribution in [0.25, 0.3) is 0 Å². The van der Waals surface area contributed by atoms with Gasteiger partial charge in [-0.2, -0.15) is 20.7 Å². The monoisotopic (exact) mass is 378 g/mol. The topological polar surface area (TPSA) is 49.9 Å². The first-order valence-electron chi connectivity index (χ1n) is 9.34. The number of amidine groups is 1. The molecule has 0 aliphatic carbocycles. The summed E-state index contributed by atoms with van der Waals surface area (Å²) in [4.78, 5) is 0. The van der Waals surface area contributed by atoms with E-state index in [1.807, 2.05) is 12.1 Å². The quantitative estimate of drug-likeness (QED) is 0.238. The number of nitrogen functional groups attached to an aromatic ring is 1. The van der Waals surface area contributed by atoms with Gasteiger partial charge < -0.3 is 5.73 Å². The molecule has 2 nitrogen and oxygen atoms in total. The third-order valence-corrected chi connectivity index (χ3v) is 10.0. The predicted octanol–water partition coefficient (Wildman–Crippen LogP) is 2.35. The SMILES string of the molecule is N=C(N)c1cccc([Si-](c2ccccc2)(c2ccccc2)c2ccccc2)c1. The molecule has 3 N–H and O–H groups in total. The first-order chi connectivity index (χ1) is 13.7. The van der Waals surface area contributed by atoms with Crippen molar-refractivity contribution in [3.8, 4) is 0 Å². The van der Waals surface area contributed by atoms with Gasteiger partial charge in [0.05, 0.1) is 0 Å². The van der Waals surface area contributed by atoms with E-state index in [4.69, 9.17) is 11.1 Å². The molecule has 0 unspecified atom stereocenters. The summed E-state index contributed by atoms with van der Waals surface area (Å²) < 4.78 is 0. The van der Waals surface area contributed by atoms with Crippen LogP contribution >= 0.6 is 0 Å². The number of hydrogen-bond donors (Lipinski definition) is 2. The number of benzene rings is 4. The average molecular weight is 379 g/mol. The molecular weight excluding hydrogens is 356 g/mol. The Morgan fingerprint density at radius 3 is 1.32 bits per heavy atom. The van der Waals surface area contributed by atoms with Gasteiger partial charge >= 0.3 is 0 Å². The highest BCUT2D eigenvalue weighted by atomic mass is 28.3. The second-order valence-corrected chi connectivity index (χ2v) is 10.7. The van der Waals surface area contributed by atoms with Gasteiger partial charge in [-0.25, -0.2) is 0 Å². The summed E-state index contributed by atoms with van der Waals surface area (Å²) >= 11 is 0. The molecule has 0 saturated carbocycles. The predicted molar refractivity (Wildman–Crippen MR) is 121 cm³/mol. The second kappa shape index (κ2) is 7.67. The van der Waals surface area contributed by atoms with E-state index < -0.39 is 8.07 Å². The van der Waals surface area contributed by atoms with Gasteiger partial charge in [0.25, 0.3) is 0 Å². The minimum absolute atomic E-state index is 0.0962. The summed E-state index contributed by atoms with van der Waals surface area (Å²) in [5.74, 6) is 0.0962. The zero-order chi connectivity index (χ0) is 19.4. The van der Waals surface area contributed by atoms with E-state index in [0.29, 0.717) is 0 Å². The fourth-order valence-electron chi connectivity index (χ4n) is 3.98. The van der Waals surface area contributed by atoms with Crippen molar-refractivity contribution in [2.24, 2.45) is 5.73 Å². The third kappa shape index (κ3) is 3.06. The van der Waals surface area contributed by atoms with Crippen LogP contribution in [0.2, 0.25) is 0 Å². The highest BCUT2D eigenvalue weighted by Gasteiger charge is 2.28. The molecule has 0 spiro atoms. The molecule has 0 aliphatic rings. The summed E-state index contributed by atoms with van der Waals surface area (Å²) in [6.07, 6.45) is 0. The first-order valence-corrected chi connectivity index (χ1v) is 11.3. The minimum atomic E-state index is -2.53. The van der Waals surface area contributed by atoms with E-state index in [1.54, 1.807) is 0 Å². The van der Waals surface area contributed by atoms with Crippen LogP contribution in [-0.4, -0.2) is 13.9 Å². The molecule has 0 radical (unpaired) electrons. The molecule has 0 aliphatic heterocycles. The molecule has 4 aromatic rings. The number of nitrogens with one attached hydrogen (secondary N) is 1. The Labute approximate surface area is 166 Å². The van der Waals surface area contributed by atoms with Crippen LogP contribution in [-0.2, 0) is 0 Å². The van der Waals surface area contributed by atoms with Crippen LogP contribution in [0.3, 0.4) is 0 Å². The number of nitrogens with two attached hydrogens (primary N) is 1. The zero-order valence-corrected chi connectivity index (χ0v) is 16.5. The summed E-state index contributed by atoms with van der Waals surface area (Å²) in [7, 11) is -2.53. The zero-order valence-electron chi connectivity index (χ0n) is 15.5. The van der Waals surface area contributed by atoms with Gasteiger partial charge in [-0.3, -0.25) is 5.41 Å². The molecule has 0 fully saturated rings. The summed E-state index contributed by atoms with van der Waals surface area (Å²) in [5.41, 5.74) is 6.60. The first kappa shape index (κ1) is 18.0. The summed E-state index contributed by atoms with van der Waals surface area (Å²) in [6, 6.07) is 40.4. The largest absolute Gasteiger partial charge is 0.384 e. The van der Waals surface area contributed by atoms with Crippen molar-refractivity contribution in [2.45, 2.75) is 0 Å². The van der Waals surface area contributed by atoms with Crippen molar-refractivity contribution in [1.82, 2.24) is 0 Å². The molecule has 4 rings (SSSR count). The lowest BCUT2D eigenvalue weighted by atomic mass is 10.2. The Kier molecular flexibility index (Phi) is 4.92. The second-order valence-electron chi connectivity index (χ2n) is 6.84. The fraction of sp³-hybridized carbons (Fsp3) is 0. The molecule has 4 aromatic carbocycles. The van der Waals surface area contributed by atoms with Crippen LogP contribution in [0.1, 0.15) is 5.56 Å². The van der Waals surface area contributed by atoms with Gasteiger partial charge in [-0.1, -0.05) is 115 Å². The molecule has 0 bridgehead atoms. The normalized spacial score (nSPS) is 11.1. The lowest BCUT2D eigenvalue weighted by Gasteiger charge is -2.47. The minimum Gasteiger partial charge on any atom is -0.384 e. The maximum absolute atomic E-state index is 7.94. The van der Waals surface area contributed by atoms with Gasteiger partial charge in [0.2, 0.25) is 0 Å². The van der Waals surface area contributed by atoms with Crippen molar-refractivity contribution < 1.29 is 0 Å². The van der Waals surface area contributed by atoms with Crippen LogP contribution in [0.5, 0.6) is 0 Å². The van der Waals surface area contributed by atoms with Gasteiger partial charge in [0, 0.05) is 5.56 Å². The molecular formula is C25H22N2Si-. The van der Waals surface area contributed by atoms with Crippen molar-refractivity contribution in [3.05, 3.63) is 121 Å². The maximum Gasteiger partial charge on any atom is 0.122 e. The number of hydrogen-bond acceptors (Lipinski definition) is 1. The van der Waals surface area contributed by atoms with Gasteiger partial charge in [-0.05, 0) is 8.07 Å². The van der Waals surface area contributed by atoms with Crippen molar-refractivity contribution >= 4 is 34.7 Å². The third-order valence-electron chi connectivity index (χ3n) is 5.23. The standard InChI is InChI=1S/C25H22N2Si/c26-25(27)20-11-10-18-24(19-20)28(21-12-4-1-5-13-21,22-14-6-2-7-15-22)23-16-8-3-9-17-23/h1-19H,(H3,26,27)/q-1. The Morgan fingerprint density at radius 1 is 0.536 bits per heavy atom. The highest BCUT2D eigenvalue weighted by Crippen LogP contribution is 2.10. The Bertz CT molecular complexity index is 980. The Hall–Kier alpha value is -3.43.